The SMILES string of the molecule is C[C@H](OC(=O)COc1ccccc1C(N)=O)C(=O)Nc1cccc(F)c1. The highest BCUT2D eigenvalue weighted by Crippen LogP contribution is 2.17. The minimum absolute atomic E-state index is 0.122. The summed E-state index contributed by atoms with van der Waals surface area (Å²) in [6.45, 7) is 0.853. The second-order valence-electron chi connectivity index (χ2n) is 5.28. The first-order chi connectivity index (χ1) is 12.4. The fourth-order valence-corrected chi connectivity index (χ4v) is 2.03. The minimum atomic E-state index is -1.12. The van der Waals surface area contributed by atoms with E-state index in [0.29, 0.717) is 0 Å². The molecule has 136 valence electrons. The van der Waals surface area contributed by atoms with Crippen LogP contribution in [0.25, 0.3) is 0 Å². The van der Waals surface area contributed by atoms with Crippen molar-refractivity contribution in [2.24, 2.45) is 5.73 Å². The van der Waals surface area contributed by atoms with Gasteiger partial charge in [-0.05, 0) is 37.3 Å². The number of nitrogens with one attached hydrogen (secondary N) is 1. The van der Waals surface area contributed by atoms with Gasteiger partial charge in [-0.2, -0.15) is 0 Å². The van der Waals surface area contributed by atoms with Gasteiger partial charge in [-0.1, -0.05) is 18.2 Å². The highest BCUT2D eigenvalue weighted by atomic mass is 19.1. The predicted molar refractivity (Wildman–Crippen MR) is 91.0 cm³/mol. The number of carbonyl (C=O) groups excluding carboxylic acids is 3. The quantitative estimate of drug-likeness (QED) is 0.733. The number of esters is 1. The van der Waals surface area contributed by atoms with Crippen LogP contribution in [0.5, 0.6) is 5.75 Å². The maximum atomic E-state index is 13.1. The third kappa shape index (κ3) is 5.30. The molecular formula is C18H17FN2O5. The zero-order chi connectivity index (χ0) is 19.1. The van der Waals surface area contributed by atoms with Crippen LogP contribution in [0.4, 0.5) is 10.1 Å². The Labute approximate surface area is 148 Å². The molecule has 0 spiro atoms. The number of benzene rings is 2. The zero-order valence-corrected chi connectivity index (χ0v) is 13.9. The van der Waals surface area contributed by atoms with Gasteiger partial charge in [-0.15, -0.1) is 0 Å². The molecule has 0 heterocycles. The molecule has 0 aliphatic rings. The normalized spacial score (nSPS) is 11.3. The number of rotatable bonds is 7. The van der Waals surface area contributed by atoms with Crippen molar-refractivity contribution < 1.29 is 28.2 Å². The Morgan fingerprint density at radius 3 is 2.58 bits per heavy atom. The van der Waals surface area contributed by atoms with Crippen molar-refractivity contribution in [3.63, 3.8) is 0 Å². The van der Waals surface area contributed by atoms with Crippen LogP contribution >= 0.6 is 0 Å². The number of nitrogens with two attached hydrogens (primary N) is 1. The van der Waals surface area contributed by atoms with E-state index in [4.69, 9.17) is 15.2 Å². The summed E-state index contributed by atoms with van der Waals surface area (Å²) in [5.41, 5.74) is 5.57. The van der Waals surface area contributed by atoms with Crippen LogP contribution in [-0.4, -0.2) is 30.5 Å². The number of hydrogen-bond acceptors (Lipinski definition) is 5. The highest BCUT2D eigenvalue weighted by molar-refractivity contribution is 5.96. The third-order valence-corrected chi connectivity index (χ3v) is 3.27. The van der Waals surface area contributed by atoms with Crippen LogP contribution in [0.1, 0.15) is 17.3 Å². The van der Waals surface area contributed by atoms with Gasteiger partial charge < -0.3 is 20.5 Å². The smallest absolute Gasteiger partial charge is 0.344 e. The molecule has 2 aromatic rings. The van der Waals surface area contributed by atoms with Crippen LogP contribution < -0.4 is 15.8 Å². The molecule has 1 atom stereocenters. The summed E-state index contributed by atoms with van der Waals surface area (Å²) in [4.78, 5) is 35.1. The van der Waals surface area contributed by atoms with E-state index >= 15 is 0 Å². The molecule has 2 amide bonds. The van der Waals surface area contributed by atoms with Crippen LogP contribution in [0.3, 0.4) is 0 Å². The third-order valence-electron chi connectivity index (χ3n) is 3.27. The first-order valence-corrected chi connectivity index (χ1v) is 7.64. The standard InChI is InChI=1S/C18H17FN2O5/c1-11(18(24)21-13-6-4-5-12(19)9-13)26-16(22)10-25-15-8-3-2-7-14(15)17(20)23/h2-9,11H,10H2,1H3,(H2,20,23)(H,21,24)/t11-/m0/s1. The highest BCUT2D eigenvalue weighted by Gasteiger charge is 2.19. The lowest BCUT2D eigenvalue weighted by atomic mass is 10.2. The van der Waals surface area contributed by atoms with Crippen LogP contribution in [0.2, 0.25) is 0 Å². The summed E-state index contributed by atoms with van der Waals surface area (Å²) >= 11 is 0. The Balaban J connectivity index is 1.87. The van der Waals surface area contributed by atoms with Crippen molar-refractivity contribution in [1.29, 1.82) is 0 Å². The Morgan fingerprint density at radius 2 is 1.88 bits per heavy atom. The number of halogens is 1. The van der Waals surface area contributed by atoms with E-state index in [2.05, 4.69) is 5.32 Å². The molecule has 8 heteroatoms. The second-order valence-corrected chi connectivity index (χ2v) is 5.28. The monoisotopic (exact) mass is 360 g/mol. The van der Waals surface area contributed by atoms with Crippen LogP contribution in [0.15, 0.2) is 48.5 Å². The second kappa shape index (κ2) is 8.61. The van der Waals surface area contributed by atoms with Gasteiger partial charge in [-0.25, -0.2) is 9.18 Å². The maximum Gasteiger partial charge on any atom is 0.344 e. The summed E-state index contributed by atoms with van der Waals surface area (Å²) in [5.74, 6) is -2.51. The van der Waals surface area contributed by atoms with Gasteiger partial charge in [-0.3, -0.25) is 9.59 Å². The molecule has 3 N–H and O–H groups in total. The van der Waals surface area contributed by atoms with Crippen LogP contribution in [-0.2, 0) is 14.3 Å². The molecule has 0 aromatic heterocycles. The topological polar surface area (TPSA) is 108 Å². The molecule has 0 saturated heterocycles. The Bertz CT molecular complexity index is 825. The zero-order valence-electron chi connectivity index (χ0n) is 13.9. The van der Waals surface area contributed by atoms with Gasteiger partial charge in [0.2, 0.25) is 0 Å². The van der Waals surface area contributed by atoms with Crippen molar-refractivity contribution in [3.05, 3.63) is 59.9 Å². The molecule has 0 unspecified atom stereocenters. The largest absolute Gasteiger partial charge is 0.481 e. The van der Waals surface area contributed by atoms with Gasteiger partial charge in [0.05, 0.1) is 5.56 Å². The fraction of sp³-hybridized carbons (Fsp3) is 0.167. The summed E-state index contributed by atoms with van der Waals surface area (Å²) < 4.78 is 23.3. The molecule has 0 radical (unpaired) electrons. The van der Waals surface area contributed by atoms with Crippen molar-refractivity contribution in [1.82, 2.24) is 0 Å². The van der Waals surface area contributed by atoms with Gasteiger partial charge in [0.1, 0.15) is 11.6 Å². The average molecular weight is 360 g/mol. The van der Waals surface area contributed by atoms with E-state index in [1.165, 1.54) is 37.3 Å². The fourth-order valence-electron chi connectivity index (χ4n) is 2.03. The lowest BCUT2D eigenvalue weighted by molar-refractivity contribution is -0.155. The number of anilines is 1. The van der Waals surface area contributed by atoms with Gasteiger partial charge >= 0.3 is 5.97 Å². The molecule has 0 fully saturated rings. The summed E-state index contributed by atoms with van der Waals surface area (Å²) in [7, 11) is 0. The van der Waals surface area contributed by atoms with Crippen molar-refractivity contribution in [3.8, 4) is 5.75 Å². The number of hydrogen-bond donors (Lipinski definition) is 2. The van der Waals surface area contributed by atoms with E-state index in [1.807, 2.05) is 0 Å². The molecule has 0 aliphatic heterocycles. The number of ether oxygens (including phenoxy) is 2. The lowest BCUT2D eigenvalue weighted by Gasteiger charge is -2.14. The molecule has 26 heavy (non-hydrogen) atoms. The molecule has 0 aliphatic carbocycles. The van der Waals surface area contributed by atoms with Gasteiger partial charge in [0.15, 0.2) is 12.7 Å². The lowest BCUT2D eigenvalue weighted by Crippen LogP contribution is -2.31. The Kier molecular flexibility index (Phi) is 6.26. The van der Waals surface area contributed by atoms with Crippen molar-refractivity contribution in [2.75, 3.05) is 11.9 Å². The molecule has 7 nitrogen and oxygen atoms in total. The molecular weight excluding hydrogens is 343 g/mol. The summed E-state index contributed by atoms with van der Waals surface area (Å²) in [6, 6.07) is 11.5. The number of para-hydroxylation sites is 1. The van der Waals surface area contributed by atoms with Crippen molar-refractivity contribution in [2.45, 2.75) is 13.0 Å². The predicted octanol–water partition coefficient (Wildman–Crippen LogP) is 1.87. The molecule has 2 aromatic carbocycles. The van der Waals surface area contributed by atoms with E-state index in [9.17, 15) is 18.8 Å². The first-order valence-electron chi connectivity index (χ1n) is 7.64. The van der Waals surface area contributed by atoms with E-state index in [0.717, 1.165) is 6.07 Å². The van der Waals surface area contributed by atoms with E-state index in [-0.39, 0.29) is 17.0 Å². The Hall–Kier alpha value is -3.42. The Morgan fingerprint density at radius 1 is 1.15 bits per heavy atom. The summed E-state index contributed by atoms with van der Waals surface area (Å²) in [6.07, 6.45) is -1.12. The van der Waals surface area contributed by atoms with E-state index in [1.54, 1.807) is 12.1 Å². The summed E-state index contributed by atoms with van der Waals surface area (Å²) in [5, 5.41) is 2.43. The first kappa shape index (κ1) is 18.9. The van der Waals surface area contributed by atoms with Crippen LogP contribution in [0, 0.1) is 5.82 Å². The minimum Gasteiger partial charge on any atom is -0.481 e. The average Bonchev–Trinajstić information content (AvgIpc) is 2.60. The number of primary amides is 1. The number of amides is 2. The molecule has 0 saturated carbocycles. The molecule has 2 rings (SSSR count). The number of carbonyl (C=O) groups is 3. The molecule has 0 bridgehead atoms. The van der Waals surface area contributed by atoms with Crippen molar-refractivity contribution >= 4 is 23.5 Å². The van der Waals surface area contributed by atoms with E-state index < -0.39 is 36.3 Å². The van der Waals surface area contributed by atoms with Gasteiger partial charge in [0.25, 0.3) is 11.8 Å². The van der Waals surface area contributed by atoms with Gasteiger partial charge in [0, 0.05) is 5.69 Å². The maximum absolute atomic E-state index is 13.1.